The zero-order chi connectivity index (χ0) is 12.4. The lowest BCUT2D eigenvalue weighted by molar-refractivity contribution is -0.120. The fourth-order valence-corrected chi connectivity index (χ4v) is 1.21. The molecule has 0 aromatic carbocycles. The lowest BCUT2D eigenvalue weighted by Gasteiger charge is -2.21. The Labute approximate surface area is 97.2 Å². The number of ether oxygens (including phenoxy) is 1. The zero-order valence-corrected chi connectivity index (χ0v) is 10.2. The van der Waals surface area contributed by atoms with Gasteiger partial charge in [-0.15, -0.1) is 0 Å². The molecule has 0 heterocycles. The number of amides is 1. The fourth-order valence-electron chi connectivity index (χ4n) is 1.21. The Morgan fingerprint density at radius 1 is 1.50 bits per heavy atom. The molecule has 0 bridgehead atoms. The molecule has 0 saturated carbocycles. The molecule has 2 N–H and O–H groups in total. The summed E-state index contributed by atoms with van der Waals surface area (Å²) in [6.45, 7) is 5.41. The first-order valence-electron chi connectivity index (χ1n) is 5.47. The van der Waals surface area contributed by atoms with Gasteiger partial charge in [-0.05, 0) is 5.92 Å². The minimum Gasteiger partial charge on any atom is -0.383 e. The highest BCUT2D eigenvalue weighted by Crippen LogP contribution is 2.00. The molecule has 92 valence electrons. The molecular formula is C11H21N3O2. The van der Waals surface area contributed by atoms with Crippen molar-refractivity contribution in [3.05, 3.63) is 0 Å². The second kappa shape index (κ2) is 9.13. The third kappa shape index (κ3) is 7.21. The number of methoxy groups -OCH3 is 1. The van der Waals surface area contributed by atoms with Crippen LogP contribution in [0.1, 0.15) is 20.3 Å². The second-order valence-corrected chi connectivity index (χ2v) is 3.94. The van der Waals surface area contributed by atoms with Crippen LogP contribution in [0, 0.1) is 17.2 Å². The van der Waals surface area contributed by atoms with Crippen molar-refractivity contribution in [3.8, 4) is 6.07 Å². The average molecular weight is 227 g/mol. The Balaban J connectivity index is 3.74. The van der Waals surface area contributed by atoms with E-state index in [4.69, 9.17) is 10.00 Å². The van der Waals surface area contributed by atoms with Crippen LogP contribution in [0.4, 0.5) is 0 Å². The van der Waals surface area contributed by atoms with Gasteiger partial charge < -0.3 is 15.4 Å². The summed E-state index contributed by atoms with van der Waals surface area (Å²) in [7, 11) is 1.64. The maximum absolute atomic E-state index is 11.3. The van der Waals surface area contributed by atoms with Crippen LogP contribution in [-0.4, -0.2) is 38.8 Å². The third-order valence-electron chi connectivity index (χ3n) is 2.23. The minimum atomic E-state index is -0.0861. The normalized spacial score (nSPS) is 12.2. The Morgan fingerprint density at radius 3 is 2.69 bits per heavy atom. The van der Waals surface area contributed by atoms with Crippen molar-refractivity contribution in [2.45, 2.75) is 26.3 Å². The number of rotatable bonds is 8. The van der Waals surface area contributed by atoms with E-state index in [1.807, 2.05) is 6.07 Å². The standard InChI is InChI=1S/C11H21N3O2/c1-9(2)10(8-16-3)14-7-11(15)13-6-4-5-12/h9-10,14H,4,6-8H2,1-3H3,(H,13,15). The molecule has 16 heavy (non-hydrogen) atoms. The van der Waals surface area contributed by atoms with E-state index in [2.05, 4.69) is 24.5 Å². The average Bonchev–Trinajstić information content (AvgIpc) is 2.24. The molecule has 0 saturated heterocycles. The number of nitriles is 1. The van der Waals surface area contributed by atoms with Crippen LogP contribution in [0.5, 0.6) is 0 Å². The van der Waals surface area contributed by atoms with Crippen LogP contribution >= 0.6 is 0 Å². The van der Waals surface area contributed by atoms with Gasteiger partial charge in [0.05, 0.1) is 25.6 Å². The molecule has 0 aromatic heterocycles. The molecule has 0 aromatic rings. The molecule has 0 fully saturated rings. The number of hydrogen-bond donors (Lipinski definition) is 2. The van der Waals surface area contributed by atoms with Gasteiger partial charge in [0.25, 0.3) is 0 Å². The van der Waals surface area contributed by atoms with Gasteiger partial charge in [0.2, 0.25) is 5.91 Å². The van der Waals surface area contributed by atoms with E-state index in [0.717, 1.165) is 0 Å². The molecule has 1 amide bonds. The summed E-state index contributed by atoms with van der Waals surface area (Å²) in [5.41, 5.74) is 0. The molecular weight excluding hydrogens is 206 g/mol. The van der Waals surface area contributed by atoms with Crippen LogP contribution in [-0.2, 0) is 9.53 Å². The van der Waals surface area contributed by atoms with E-state index < -0.39 is 0 Å². The highest BCUT2D eigenvalue weighted by molar-refractivity contribution is 5.77. The highest BCUT2D eigenvalue weighted by atomic mass is 16.5. The summed E-state index contributed by atoms with van der Waals surface area (Å²) in [4.78, 5) is 11.3. The Kier molecular flexibility index (Phi) is 8.49. The predicted octanol–water partition coefficient (Wildman–Crippen LogP) is 0.277. The monoisotopic (exact) mass is 227 g/mol. The molecule has 0 aliphatic carbocycles. The van der Waals surface area contributed by atoms with Crippen LogP contribution in [0.3, 0.4) is 0 Å². The number of nitrogens with one attached hydrogen (secondary N) is 2. The van der Waals surface area contributed by atoms with Crippen LogP contribution < -0.4 is 10.6 Å². The van der Waals surface area contributed by atoms with Crippen LogP contribution in [0.25, 0.3) is 0 Å². The Hall–Kier alpha value is -1.12. The molecule has 1 atom stereocenters. The Bertz CT molecular complexity index is 236. The minimum absolute atomic E-state index is 0.0861. The summed E-state index contributed by atoms with van der Waals surface area (Å²) in [6, 6.07) is 2.14. The summed E-state index contributed by atoms with van der Waals surface area (Å²) in [5, 5.41) is 14.1. The van der Waals surface area contributed by atoms with Gasteiger partial charge >= 0.3 is 0 Å². The van der Waals surface area contributed by atoms with E-state index in [1.54, 1.807) is 7.11 Å². The lowest BCUT2D eigenvalue weighted by atomic mass is 10.1. The number of hydrogen-bond acceptors (Lipinski definition) is 4. The molecule has 1 unspecified atom stereocenters. The van der Waals surface area contributed by atoms with Crippen LogP contribution in [0.15, 0.2) is 0 Å². The largest absolute Gasteiger partial charge is 0.383 e. The topological polar surface area (TPSA) is 74.2 Å². The maximum atomic E-state index is 11.3. The molecule has 5 nitrogen and oxygen atoms in total. The van der Waals surface area contributed by atoms with E-state index in [9.17, 15) is 4.79 Å². The van der Waals surface area contributed by atoms with Crippen molar-refractivity contribution in [2.75, 3.05) is 26.8 Å². The molecule has 0 spiro atoms. The van der Waals surface area contributed by atoms with Crippen molar-refractivity contribution in [3.63, 3.8) is 0 Å². The SMILES string of the molecule is COCC(NCC(=O)NCCC#N)C(C)C. The van der Waals surface area contributed by atoms with Gasteiger partial charge in [0, 0.05) is 19.7 Å². The summed E-state index contributed by atoms with van der Waals surface area (Å²) in [6.07, 6.45) is 0.345. The van der Waals surface area contributed by atoms with Crippen molar-refractivity contribution < 1.29 is 9.53 Å². The molecule has 0 aliphatic heterocycles. The van der Waals surface area contributed by atoms with Crippen molar-refractivity contribution >= 4 is 5.91 Å². The third-order valence-corrected chi connectivity index (χ3v) is 2.23. The van der Waals surface area contributed by atoms with E-state index in [-0.39, 0.29) is 18.5 Å². The Morgan fingerprint density at radius 2 is 2.19 bits per heavy atom. The van der Waals surface area contributed by atoms with Crippen molar-refractivity contribution in [1.82, 2.24) is 10.6 Å². The lowest BCUT2D eigenvalue weighted by Crippen LogP contribution is -2.43. The number of nitrogens with zero attached hydrogens (tertiary/aromatic N) is 1. The van der Waals surface area contributed by atoms with Gasteiger partial charge in [0.15, 0.2) is 0 Å². The van der Waals surface area contributed by atoms with Crippen LogP contribution in [0.2, 0.25) is 0 Å². The second-order valence-electron chi connectivity index (χ2n) is 3.94. The zero-order valence-electron chi connectivity index (χ0n) is 10.2. The highest BCUT2D eigenvalue weighted by Gasteiger charge is 2.13. The molecule has 0 rings (SSSR count). The van der Waals surface area contributed by atoms with Gasteiger partial charge in [-0.1, -0.05) is 13.8 Å². The summed E-state index contributed by atoms with van der Waals surface area (Å²) >= 11 is 0. The molecule has 5 heteroatoms. The van der Waals surface area contributed by atoms with E-state index in [0.29, 0.717) is 25.5 Å². The van der Waals surface area contributed by atoms with Gasteiger partial charge in [-0.25, -0.2) is 0 Å². The van der Waals surface area contributed by atoms with Gasteiger partial charge in [0.1, 0.15) is 0 Å². The summed E-state index contributed by atoms with van der Waals surface area (Å²) in [5.74, 6) is 0.323. The number of carbonyl (C=O) groups excluding carboxylic acids is 1. The molecule has 0 radical (unpaired) electrons. The van der Waals surface area contributed by atoms with E-state index in [1.165, 1.54) is 0 Å². The number of carbonyl (C=O) groups is 1. The maximum Gasteiger partial charge on any atom is 0.234 e. The smallest absolute Gasteiger partial charge is 0.234 e. The summed E-state index contributed by atoms with van der Waals surface area (Å²) < 4.78 is 5.06. The first-order valence-corrected chi connectivity index (χ1v) is 5.47. The van der Waals surface area contributed by atoms with Crippen molar-refractivity contribution in [1.29, 1.82) is 5.26 Å². The molecule has 0 aliphatic rings. The fraction of sp³-hybridized carbons (Fsp3) is 0.818. The first-order chi connectivity index (χ1) is 7.61. The first kappa shape index (κ1) is 14.9. The quantitative estimate of drug-likeness (QED) is 0.584. The predicted molar refractivity (Wildman–Crippen MR) is 61.7 cm³/mol. The van der Waals surface area contributed by atoms with Gasteiger partial charge in [-0.2, -0.15) is 5.26 Å². The van der Waals surface area contributed by atoms with E-state index >= 15 is 0 Å². The van der Waals surface area contributed by atoms with Gasteiger partial charge in [-0.3, -0.25) is 4.79 Å². The van der Waals surface area contributed by atoms with Crippen molar-refractivity contribution in [2.24, 2.45) is 5.92 Å².